The summed E-state index contributed by atoms with van der Waals surface area (Å²) in [7, 11) is 0. The molecule has 0 unspecified atom stereocenters. The Morgan fingerprint density at radius 1 is 1.44 bits per heavy atom. The number of H-pyrrole nitrogens is 1. The first-order valence-corrected chi connectivity index (χ1v) is 5.92. The highest BCUT2D eigenvalue weighted by Crippen LogP contribution is 2.26. The van der Waals surface area contributed by atoms with Crippen LogP contribution in [0.5, 0.6) is 0 Å². The molecule has 1 fully saturated rings. The molecule has 0 radical (unpaired) electrons. The average Bonchev–Trinajstić information content (AvgIpc) is 2.74. The van der Waals surface area contributed by atoms with E-state index in [-0.39, 0.29) is 5.56 Å². The van der Waals surface area contributed by atoms with E-state index in [0.717, 1.165) is 0 Å². The number of hydrogen-bond acceptors (Lipinski definition) is 5. The molecule has 1 aliphatic heterocycles. The van der Waals surface area contributed by atoms with Crippen LogP contribution in [0.15, 0.2) is 10.9 Å². The van der Waals surface area contributed by atoms with Crippen LogP contribution in [0.4, 0.5) is 0 Å². The van der Waals surface area contributed by atoms with E-state index in [2.05, 4.69) is 15.1 Å². The number of aromatic nitrogens is 4. The van der Waals surface area contributed by atoms with Gasteiger partial charge >= 0.3 is 0 Å². The molecule has 3 N–H and O–H groups in total. The molecule has 18 heavy (non-hydrogen) atoms. The van der Waals surface area contributed by atoms with Crippen molar-refractivity contribution in [2.45, 2.75) is 25.3 Å². The maximum atomic E-state index is 11.8. The smallest absolute Gasteiger partial charge is 0.274 e. The zero-order valence-electron chi connectivity index (χ0n) is 10.1. The number of fused-ring (bicyclic) bond motifs is 1. The van der Waals surface area contributed by atoms with Gasteiger partial charge < -0.3 is 10.5 Å². The molecule has 0 bridgehead atoms. The number of hydrogen-bond donors (Lipinski definition) is 2. The fraction of sp³-hybridized carbons (Fsp3) is 0.545. The number of nitrogens with zero attached hydrogens (tertiary/aromatic N) is 3. The molecule has 1 saturated heterocycles. The molecule has 0 aliphatic carbocycles. The SMILES string of the molecule is Cc1cc(=O)n2[nH]c(C3(N)CCOCC3)nc2n1. The maximum absolute atomic E-state index is 11.8. The highest BCUT2D eigenvalue weighted by Gasteiger charge is 2.33. The number of aromatic amines is 1. The quantitative estimate of drug-likeness (QED) is 0.722. The van der Waals surface area contributed by atoms with Gasteiger partial charge in [-0.15, -0.1) is 0 Å². The number of aryl methyl sites for hydroxylation is 1. The summed E-state index contributed by atoms with van der Waals surface area (Å²) in [5.74, 6) is 0.965. The largest absolute Gasteiger partial charge is 0.381 e. The van der Waals surface area contributed by atoms with Gasteiger partial charge in [0.15, 0.2) is 0 Å². The lowest BCUT2D eigenvalue weighted by Gasteiger charge is -2.30. The number of ether oxygens (including phenoxy) is 1. The maximum Gasteiger partial charge on any atom is 0.274 e. The van der Waals surface area contributed by atoms with Crippen molar-refractivity contribution >= 4 is 5.78 Å². The van der Waals surface area contributed by atoms with Crippen LogP contribution in [0.2, 0.25) is 0 Å². The fourth-order valence-electron chi connectivity index (χ4n) is 2.19. The first kappa shape index (κ1) is 11.4. The fourth-order valence-corrected chi connectivity index (χ4v) is 2.19. The van der Waals surface area contributed by atoms with Gasteiger partial charge in [0.25, 0.3) is 11.3 Å². The highest BCUT2D eigenvalue weighted by atomic mass is 16.5. The summed E-state index contributed by atoms with van der Waals surface area (Å²) in [5, 5.41) is 2.95. The molecule has 1 aliphatic rings. The van der Waals surface area contributed by atoms with Crippen molar-refractivity contribution in [3.05, 3.63) is 27.9 Å². The van der Waals surface area contributed by atoms with E-state index in [4.69, 9.17) is 10.5 Å². The van der Waals surface area contributed by atoms with Gasteiger partial charge in [0.2, 0.25) is 0 Å². The Bertz CT molecular complexity index is 638. The van der Waals surface area contributed by atoms with Crippen LogP contribution in [-0.4, -0.2) is 32.8 Å². The van der Waals surface area contributed by atoms with Crippen LogP contribution >= 0.6 is 0 Å². The van der Waals surface area contributed by atoms with Gasteiger partial charge in [-0.2, -0.15) is 9.50 Å². The molecule has 0 amide bonds. The summed E-state index contributed by atoms with van der Waals surface area (Å²) < 4.78 is 6.62. The van der Waals surface area contributed by atoms with Gasteiger partial charge in [-0.3, -0.25) is 9.89 Å². The summed E-state index contributed by atoms with van der Waals surface area (Å²) in [5.41, 5.74) is 6.23. The molecule has 0 spiro atoms. The lowest BCUT2D eigenvalue weighted by Crippen LogP contribution is -2.43. The third-order valence-electron chi connectivity index (χ3n) is 3.32. The second-order valence-corrected chi connectivity index (χ2v) is 4.71. The third-order valence-corrected chi connectivity index (χ3v) is 3.32. The van der Waals surface area contributed by atoms with Crippen LogP contribution in [-0.2, 0) is 10.3 Å². The lowest BCUT2D eigenvalue weighted by molar-refractivity contribution is 0.0492. The van der Waals surface area contributed by atoms with Crippen molar-refractivity contribution in [3.63, 3.8) is 0 Å². The molecule has 96 valence electrons. The Balaban J connectivity index is 2.13. The highest BCUT2D eigenvalue weighted by molar-refractivity contribution is 5.29. The molecular weight excluding hydrogens is 234 g/mol. The van der Waals surface area contributed by atoms with Crippen LogP contribution in [0.1, 0.15) is 24.4 Å². The van der Waals surface area contributed by atoms with Crippen molar-refractivity contribution in [1.29, 1.82) is 0 Å². The summed E-state index contributed by atoms with van der Waals surface area (Å²) >= 11 is 0. The Morgan fingerprint density at radius 2 is 2.17 bits per heavy atom. The lowest BCUT2D eigenvalue weighted by atomic mass is 9.91. The molecule has 3 rings (SSSR count). The molecule has 2 aromatic heterocycles. The minimum absolute atomic E-state index is 0.174. The van der Waals surface area contributed by atoms with Crippen LogP contribution < -0.4 is 11.3 Å². The minimum atomic E-state index is -0.563. The van der Waals surface area contributed by atoms with Gasteiger partial charge in [0.05, 0.1) is 5.54 Å². The van der Waals surface area contributed by atoms with Gasteiger partial charge in [0, 0.05) is 25.0 Å². The van der Waals surface area contributed by atoms with Gasteiger partial charge in [-0.1, -0.05) is 0 Å². The van der Waals surface area contributed by atoms with E-state index in [1.165, 1.54) is 10.6 Å². The van der Waals surface area contributed by atoms with Gasteiger partial charge in [-0.05, 0) is 19.8 Å². The first-order valence-electron chi connectivity index (χ1n) is 5.92. The zero-order chi connectivity index (χ0) is 12.8. The summed E-state index contributed by atoms with van der Waals surface area (Å²) in [4.78, 5) is 20.3. The van der Waals surface area contributed by atoms with E-state index in [1.807, 2.05) is 0 Å². The monoisotopic (exact) mass is 249 g/mol. The normalized spacial score (nSPS) is 19.2. The van der Waals surface area contributed by atoms with Crippen LogP contribution in [0.25, 0.3) is 5.78 Å². The summed E-state index contributed by atoms with van der Waals surface area (Å²) in [6, 6.07) is 1.46. The van der Waals surface area contributed by atoms with Gasteiger partial charge in [-0.25, -0.2) is 4.98 Å². The molecule has 7 nitrogen and oxygen atoms in total. The topological polar surface area (TPSA) is 98.3 Å². The molecule has 7 heteroatoms. The van der Waals surface area contributed by atoms with Crippen molar-refractivity contribution < 1.29 is 4.74 Å². The molecule has 3 heterocycles. The molecule has 0 saturated carbocycles. The van der Waals surface area contributed by atoms with Crippen molar-refractivity contribution in [2.24, 2.45) is 5.73 Å². The predicted molar refractivity (Wildman–Crippen MR) is 64.3 cm³/mol. The number of nitrogens with two attached hydrogens (primary N) is 1. The van der Waals surface area contributed by atoms with E-state index >= 15 is 0 Å². The van der Waals surface area contributed by atoms with Crippen LogP contribution in [0, 0.1) is 6.92 Å². The van der Waals surface area contributed by atoms with Crippen molar-refractivity contribution in [2.75, 3.05) is 13.2 Å². The van der Waals surface area contributed by atoms with Crippen LogP contribution in [0.3, 0.4) is 0 Å². The molecule has 2 aromatic rings. The van der Waals surface area contributed by atoms with E-state index in [0.29, 0.717) is 43.4 Å². The molecule has 0 atom stereocenters. The van der Waals surface area contributed by atoms with Gasteiger partial charge in [0.1, 0.15) is 5.82 Å². The Kier molecular flexibility index (Phi) is 2.46. The van der Waals surface area contributed by atoms with E-state index in [9.17, 15) is 4.79 Å². The summed E-state index contributed by atoms with van der Waals surface area (Å²) in [6.07, 6.45) is 1.36. The molecular formula is C11H15N5O2. The third kappa shape index (κ3) is 1.72. The number of rotatable bonds is 1. The Hall–Kier alpha value is -1.73. The minimum Gasteiger partial charge on any atom is -0.381 e. The number of nitrogens with one attached hydrogen (secondary N) is 1. The summed E-state index contributed by atoms with van der Waals surface area (Å²) in [6.45, 7) is 2.98. The van der Waals surface area contributed by atoms with Crippen molar-refractivity contribution in [1.82, 2.24) is 19.6 Å². The Labute approximate surface area is 103 Å². The predicted octanol–water partition coefficient (Wildman–Crippen LogP) is -0.310. The Morgan fingerprint density at radius 3 is 2.89 bits per heavy atom. The standard InChI is InChI=1S/C11H15N5O2/c1-7-6-8(17)16-10(13-7)14-9(15-16)11(12)2-4-18-5-3-11/h6H,2-5,12H2,1H3,(H,13,14,15). The molecule has 0 aromatic carbocycles. The zero-order valence-corrected chi connectivity index (χ0v) is 10.1. The van der Waals surface area contributed by atoms with E-state index in [1.54, 1.807) is 6.92 Å². The first-order chi connectivity index (χ1) is 8.58. The van der Waals surface area contributed by atoms with Crippen molar-refractivity contribution in [3.8, 4) is 0 Å². The average molecular weight is 249 g/mol. The second-order valence-electron chi connectivity index (χ2n) is 4.71. The second kappa shape index (κ2) is 3.89. The van der Waals surface area contributed by atoms with E-state index < -0.39 is 5.54 Å².